The Labute approximate surface area is 206 Å². The van der Waals surface area contributed by atoms with Crippen LogP contribution in [-0.2, 0) is 22.7 Å². The van der Waals surface area contributed by atoms with Gasteiger partial charge in [0.2, 0.25) is 0 Å². The van der Waals surface area contributed by atoms with E-state index in [9.17, 15) is 14.4 Å². The summed E-state index contributed by atoms with van der Waals surface area (Å²) in [6.45, 7) is 11.0. The molecule has 8 heteroatoms. The Morgan fingerprint density at radius 3 is 2.49 bits per heavy atom. The predicted octanol–water partition coefficient (Wildman–Crippen LogP) is 5.32. The highest BCUT2D eigenvalue weighted by molar-refractivity contribution is 6.54. The van der Waals surface area contributed by atoms with Crippen molar-refractivity contribution in [1.29, 1.82) is 0 Å². The van der Waals surface area contributed by atoms with Gasteiger partial charge in [0, 0.05) is 35.5 Å². The number of carbonyl (C=O) groups excluding carboxylic acids is 1. The van der Waals surface area contributed by atoms with Gasteiger partial charge in [0.25, 0.3) is 5.91 Å². The van der Waals surface area contributed by atoms with E-state index in [1.807, 2.05) is 18.2 Å². The molecule has 0 fully saturated rings. The van der Waals surface area contributed by atoms with Crippen molar-refractivity contribution in [1.82, 2.24) is 0 Å². The SMILES string of the molecule is CC(C)CCN(CCC(C)C)c1ccc2c(c1)/C(=N/O)C(=O)N2Cc1cc(F)cc2c1OCOC2. The lowest BCUT2D eigenvalue weighted by Gasteiger charge is -2.27. The van der Waals surface area contributed by atoms with E-state index in [2.05, 4.69) is 37.8 Å². The molecule has 7 nitrogen and oxygen atoms in total. The maximum Gasteiger partial charge on any atom is 0.281 e. The average Bonchev–Trinajstić information content (AvgIpc) is 3.08. The summed E-state index contributed by atoms with van der Waals surface area (Å²) in [4.78, 5) is 17.1. The summed E-state index contributed by atoms with van der Waals surface area (Å²) < 4.78 is 25.2. The van der Waals surface area contributed by atoms with Gasteiger partial charge in [-0.05, 0) is 55.0 Å². The van der Waals surface area contributed by atoms with Gasteiger partial charge in [-0.15, -0.1) is 0 Å². The zero-order chi connectivity index (χ0) is 25.1. The van der Waals surface area contributed by atoms with Crippen LogP contribution in [0, 0.1) is 17.7 Å². The van der Waals surface area contributed by atoms with E-state index in [0.717, 1.165) is 31.6 Å². The minimum Gasteiger partial charge on any atom is -0.467 e. The molecule has 0 aliphatic carbocycles. The number of benzene rings is 2. The Morgan fingerprint density at radius 1 is 1.11 bits per heavy atom. The fourth-order valence-electron chi connectivity index (χ4n) is 4.49. The molecule has 1 N–H and O–H groups in total. The van der Waals surface area contributed by atoms with Crippen LogP contribution in [0.2, 0.25) is 0 Å². The van der Waals surface area contributed by atoms with Crippen molar-refractivity contribution in [2.45, 2.75) is 53.7 Å². The molecule has 2 aromatic carbocycles. The Bertz CT molecular complexity index is 1100. The minimum absolute atomic E-state index is 0.0101. The number of ether oxygens (including phenoxy) is 2. The smallest absolute Gasteiger partial charge is 0.281 e. The van der Waals surface area contributed by atoms with Crippen LogP contribution in [0.4, 0.5) is 15.8 Å². The Balaban J connectivity index is 1.66. The van der Waals surface area contributed by atoms with E-state index < -0.39 is 11.7 Å². The molecule has 0 aromatic heterocycles. The van der Waals surface area contributed by atoms with Gasteiger partial charge in [-0.1, -0.05) is 32.9 Å². The maximum absolute atomic E-state index is 14.3. The van der Waals surface area contributed by atoms with Gasteiger partial charge >= 0.3 is 0 Å². The zero-order valence-corrected chi connectivity index (χ0v) is 20.9. The lowest BCUT2D eigenvalue weighted by molar-refractivity contribution is -0.112. The van der Waals surface area contributed by atoms with Crippen molar-refractivity contribution in [3.63, 3.8) is 0 Å². The van der Waals surface area contributed by atoms with E-state index in [-0.39, 0.29) is 25.7 Å². The molecule has 0 atom stereocenters. The van der Waals surface area contributed by atoms with Crippen LogP contribution in [0.25, 0.3) is 0 Å². The lowest BCUT2D eigenvalue weighted by atomic mass is 10.1. The molecule has 188 valence electrons. The standard InChI is InChI=1S/C27H34FN3O4/c1-17(2)7-9-30(10-8-18(3)4)22-5-6-24-23(13-22)25(29-33)27(32)31(24)14-19-11-21(28)12-20-15-34-16-35-26(19)20/h5-6,11-13,17-18,33H,7-10,14-16H2,1-4H3/b29-25-. The molecular formula is C27H34FN3O4. The third-order valence-corrected chi connectivity index (χ3v) is 6.47. The number of hydrogen-bond acceptors (Lipinski definition) is 6. The Hall–Kier alpha value is -3.13. The third kappa shape index (κ3) is 5.42. The van der Waals surface area contributed by atoms with Gasteiger partial charge in [-0.25, -0.2) is 4.39 Å². The quantitative estimate of drug-likeness (QED) is 0.386. The molecule has 2 aromatic rings. The molecule has 0 bridgehead atoms. The molecule has 0 radical (unpaired) electrons. The van der Waals surface area contributed by atoms with Crippen molar-refractivity contribution in [3.05, 3.63) is 52.8 Å². The van der Waals surface area contributed by atoms with Crippen LogP contribution in [0.1, 0.15) is 57.2 Å². The fourth-order valence-corrected chi connectivity index (χ4v) is 4.49. The molecule has 4 rings (SSSR count). The number of anilines is 2. The molecule has 35 heavy (non-hydrogen) atoms. The van der Waals surface area contributed by atoms with Gasteiger partial charge in [-0.3, -0.25) is 4.79 Å². The third-order valence-electron chi connectivity index (χ3n) is 6.47. The fraction of sp³-hybridized carbons (Fsp3) is 0.481. The molecule has 0 saturated carbocycles. The summed E-state index contributed by atoms with van der Waals surface area (Å²) in [6, 6.07) is 8.57. The largest absolute Gasteiger partial charge is 0.467 e. The van der Waals surface area contributed by atoms with Crippen LogP contribution < -0.4 is 14.5 Å². The molecular weight excluding hydrogens is 449 g/mol. The monoisotopic (exact) mass is 483 g/mol. The summed E-state index contributed by atoms with van der Waals surface area (Å²) in [6.07, 6.45) is 2.10. The number of nitrogens with zero attached hydrogens (tertiary/aromatic N) is 3. The van der Waals surface area contributed by atoms with E-state index in [1.54, 1.807) is 0 Å². The first-order chi connectivity index (χ1) is 16.8. The van der Waals surface area contributed by atoms with Crippen LogP contribution in [-0.4, -0.2) is 36.7 Å². The molecule has 0 saturated heterocycles. The first-order valence-electron chi connectivity index (χ1n) is 12.2. The topological polar surface area (TPSA) is 74.6 Å². The molecule has 0 unspecified atom stereocenters. The second kappa shape index (κ2) is 10.6. The van der Waals surface area contributed by atoms with E-state index in [0.29, 0.717) is 40.0 Å². The molecule has 2 aliphatic rings. The van der Waals surface area contributed by atoms with E-state index in [4.69, 9.17) is 9.47 Å². The number of carbonyl (C=O) groups is 1. The van der Waals surface area contributed by atoms with Gasteiger partial charge < -0.3 is 24.5 Å². The number of halogens is 1. The summed E-state index contributed by atoms with van der Waals surface area (Å²) in [5.74, 6) is 0.828. The molecule has 2 heterocycles. The normalized spacial score (nSPS) is 16.1. The highest BCUT2D eigenvalue weighted by atomic mass is 19.1. The van der Waals surface area contributed by atoms with Crippen molar-refractivity contribution in [2.75, 3.05) is 29.7 Å². The van der Waals surface area contributed by atoms with Crippen molar-refractivity contribution in [2.24, 2.45) is 17.0 Å². The van der Waals surface area contributed by atoms with Gasteiger partial charge in [0.1, 0.15) is 11.6 Å². The van der Waals surface area contributed by atoms with E-state index in [1.165, 1.54) is 17.0 Å². The maximum atomic E-state index is 14.3. The highest BCUT2D eigenvalue weighted by Crippen LogP contribution is 2.37. The van der Waals surface area contributed by atoms with Crippen molar-refractivity contribution >= 4 is 23.0 Å². The Morgan fingerprint density at radius 2 is 1.83 bits per heavy atom. The first-order valence-corrected chi connectivity index (χ1v) is 12.2. The van der Waals surface area contributed by atoms with Crippen LogP contribution in [0.5, 0.6) is 5.75 Å². The average molecular weight is 484 g/mol. The predicted molar refractivity (Wildman–Crippen MR) is 134 cm³/mol. The second-order valence-corrected chi connectivity index (χ2v) is 10.1. The number of rotatable bonds is 9. The number of oxime groups is 1. The Kier molecular flexibility index (Phi) is 7.60. The van der Waals surface area contributed by atoms with E-state index >= 15 is 0 Å². The number of amides is 1. The van der Waals surface area contributed by atoms with Crippen molar-refractivity contribution in [3.8, 4) is 5.75 Å². The number of fused-ring (bicyclic) bond motifs is 2. The highest BCUT2D eigenvalue weighted by Gasteiger charge is 2.36. The lowest BCUT2D eigenvalue weighted by Crippen LogP contribution is -2.30. The molecule has 1 amide bonds. The first kappa shape index (κ1) is 25.0. The minimum atomic E-state index is -0.430. The number of hydrogen-bond donors (Lipinski definition) is 1. The summed E-state index contributed by atoms with van der Waals surface area (Å²) in [5.41, 5.74) is 3.33. The van der Waals surface area contributed by atoms with Gasteiger partial charge in [-0.2, -0.15) is 0 Å². The summed E-state index contributed by atoms with van der Waals surface area (Å²) in [7, 11) is 0. The van der Waals surface area contributed by atoms with Crippen LogP contribution >= 0.6 is 0 Å². The van der Waals surface area contributed by atoms with Crippen LogP contribution in [0.15, 0.2) is 35.5 Å². The van der Waals surface area contributed by atoms with Gasteiger partial charge in [0.15, 0.2) is 12.5 Å². The van der Waals surface area contributed by atoms with Gasteiger partial charge in [0.05, 0.1) is 18.8 Å². The second-order valence-electron chi connectivity index (χ2n) is 10.1. The molecule has 2 aliphatic heterocycles. The summed E-state index contributed by atoms with van der Waals surface area (Å²) in [5, 5.41) is 13.0. The van der Waals surface area contributed by atoms with Crippen molar-refractivity contribution < 1.29 is 23.9 Å². The summed E-state index contributed by atoms with van der Waals surface area (Å²) >= 11 is 0. The zero-order valence-electron chi connectivity index (χ0n) is 20.9. The molecule has 0 spiro atoms. The van der Waals surface area contributed by atoms with Crippen LogP contribution in [0.3, 0.4) is 0 Å².